The third-order valence-corrected chi connectivity index (χ3v) is 15.5. The van der Waals surface area contributed by atoms with Crippen LogP contribution < -0.4 is 0 Å². The van der Waals surface area contributed by atoms with Crippen LogP contribution in [0.1, 0.15) is 166 Å². The lowest BCUT2D eigenvalue weighted by atomic mass is 10.1. The van der Waals surface area contributed by atoms with E-state index in [2.05, 4.69) is 66.3 Å². The van der Waals surface area contributed by atoms with Gasteiger partial charge in [0.15, 0.2) is 21.8 Å². The second kappa shape index (κ2) is 35.8. The molecule has 0 N–H and O–H groups in total. The van der Waals surface area contributed by atoms with Crippen molar-refractivity contribution in [1.29, 1.82) is 0 Å². The fraction of sp³-hybridized carbons (Fsp3) is 0.265. The molecule has 20 nitrogen and oxygen atoms in total. The number of rotatable bonds is 18. The molecule has 494 valence electrons. The van der Waals surface area contributed by atoms with Gasteiger partial charge in [0.25, 0.3) is 12.2 Å². The van der Waals surface area contributed by atoms with Crippen molar-refractivity contribution < 1.29 is 65.2 Å². The van der Waals surface area contributed by atoms with Crippen LogP contribution in [0.3, 0.4) is 0 Å². The van der Waals surface area contributed by atoms with Gasteiger partial charge < -0.3 is 37.4 Å². The van der Waals surface area contributed by atoms with E-state index in [1.807, 2.05) is 184 Å². The van der Waals surface area contributed by atoms with Gasteiger partial charge in [-0.15, -0.1) is 0 Å². The molecule has 26 heteroatoms. The lowest BCUT2D eigenvalue weighted by molar-refractivity contribution is 0.0498. The Bertz CT molecular complexity index is 4060. The van der Waals surface area contributed by atoms with Crippen LogP contribution in [0.2, 0.25) is 0 Å². The van der Waals surface area contributed by atoms with Gasteiger partial charge in [0, 0.05) is 0 Å². The van der Waals surface area contributed by atoms with Crippen molar-refractivity contribution in [2.24, 2.45) is 0 Å². The summed E-state index contributed by atoms with van der Waals surface area (Å²) in [4.78, 5) is 77.1. The summed E-state index contributed by atoms with van der Waals surface area (Å²) >= 11 is 6.72. The van der Waals surface area contributed by atoms with Crippen molar-refractivity contribution in [3.63, 3.8) is 0 Å². The summed E-state index contributed by atoms with van der Waals surface area (Å²) in [5.74, 6) is -4.60. The minimum absolute atomic E-state index is 0.0382. The molecule has 0 unspecified atom stereocenters. The van der Waals surface area contributed by atoms with Crippen LogP contribution in [-0.2, 0) is 23.7 Å². The monoisotopic (exact) mass is 1420 g/mol. The zero-order chi connectivity index (χ0) is 68.6. The number of carbonyl (C=O) groups is 5. The maximum absolute atomic E-state index is 13.8. The normalized spacial score (nSPS) is 12.2. The Morgan fingerprint density at radius 2 is 0.702 bits per heavy atom. The van der Waals surface area contributed by atoms with Gasteiger partial charge in [0.05, 0.1) is 89.3 Å². The zero-order valence-corrected chi connectivity index (χ0v) is 56.2. The zero-order valence-electron chi connectivity index (χ0n) is 53.1. The Labute approximate surface area is 557 Å². The number of hydrogen-bond donors (Lipinski definition) is 0. The highest BCUT2D eigenvalue weighted by atomic mass is 79.9. The number of esters is 5. The number of methoxy groups -OCH3 is 2. The average molecular weight is 1420 g/mol. The van der Waals surface area contributed by atoms with Gasteiger partial charge >= 0.3 is 29.8 Å². The van der Waals surface area contributed by atoms with Gasteiger partial charge in [-0.25, -0.2) is 48.9 Å². The highest BCUT2D eigenvalue weighted by Crippen LogP contribution is 2.31. The topological polar surface area (TPSA) is 221 Å². The molecule has 0 bridgehead atoms. The smallest absolute Gasteiger partial charge is 0.359 e. The van der Waals surface area contributed by atoms with E-state index in [9.17, 15) is 41.5 Å². The van der Waals surface area contributed by atoms with E-state index < -0.39 is 47.9 Å². The number of halogens is 6. The second-order valence-electron chi connectivity index (χ2n) is 20.1. The van der Waals surface area contributed by atoms with Crippen LogP contribution in [0.4, 0.5) is 17.6 Å². The predicted octanol–water partition coefficient (Wildman–Crippen LogP) is 14.6. The van der Waals surface area contributed by atoms with Crippen LogP contribution in [0.25, 0.3) is 0 Å². The number of aromatic nitrogens is 10. The van der Waals surface area contributed by atoms with E-state index >= 15 is 0 Å². The number of nitrogens with zero attached hydrogens (tertiary/aromatic N) is 10. The van der Waals surface area contributed by atoms with Gasteiger partial charge in [-0.1, -0.05) is 152 Å². The molecule has 5 aromatic heterocycles. The summed E-state index contributed by atoms with van der Waals surface area (Å²) in [5.41, 5.74) is 5.13. The Kier molecular flexibility index (Phi) is 27.9. The SMILES string of the molecule is CCOC(=O)c1c(Br)nc(Br)n1[C@H](C)c1ccccc1.CCOC(=O)c1c(F)ncn1[C@H](C)c1ccccc1.CCOC(=O)c1cnc(F)n1[C@H](C)c1ccccc1.COC(=O)c1c(F)ncn1[C@H](C)c1ccccc1.COC(=O)c1cnc(F)n1[C@H](C)c1ccccc1. The molecule has 10 rings (SSSR count). The first kappa shape index (κ1) is 73.2. The third-order valence-electron chi connectivity index (χ3n) is 14.4. The lowest BCUT2D eigenvalue weighted by Crippen LogP contribution is -2.17. The summed E-state index contributed by atoms with van der Waals surface area (Å²) in [6.45, 7) is 15.3. The molecule has 5 aromatic carbocycles. The molecule has 0 saturated heterocycles. The maximum Gasteiger partial charge on any atom is 0.359 e. The number of carbonyl (C=O) groups excluding carboxylic acids is 5. The van der Waals surface area contributed by atoms with Crippen LogP contribution in [0, 0.1) is 24.1 Å². The molecule has 10 aromatic rings. The van der Waals surface area contributed by atoms with Crippen LogP contribution in [0.5, 0.6) is 0 Å². The molecule has 0 fully saturated rings. The molecule has 0 spiro atoms. The van der Waals surface area contributed by atoms with E-state index in [0.717, 1.165) is 27.8 Å². The fourth-order valence-electron chi connectivity index (χ4n) is 9.51. The molecule has 0 aliphatic rings. The Hall–Kier alpha value is -9.82. The second-order valence-corrected chi connectivity index (χ2v) is 21.6. The summed E-state index contributed by atoms with van der Waals surface area (Å²) in [7, 11) is 2.47. The molecule has 0 saturated carbocycles. The van der Waals surface area contributed by atoms with Crippen molar-refractivity contribution in [2.75, 3.05) is 34.0 Å². The van der Waals surface area contributed by atoms with E-state index in [4.69, 9.17) is 14.2 Å². The van der Waals surface area contributed by atoms with Crippen molar-refractivity contribution in [1.82, 2.24) is 47.8 Å². The van der Waals surface area contributed by atoms with Crippen LogP contribution in [-0.4, -0.2) is 112 Å². The highest BCUT2D eigenvalue weighted by molar-refractivity contribution is 9.11. The molecule has 5 heterocycles. The fourth-order valence-corrected chi connectivity index (χ4v) is 10.9. The number of ether oxygens (including phenoxy) is 5. The first-order valence-electron chi connectivity index (χ1n) is 29.4. The quantitative estimate of drug-likeness (QED) is 0.0443. The van der Waals surface area contributed by atoms with Gasteiger partial charge in [0.2, 0.25) is 11.9 Å². The summed E-state index contributed by atoms with van der Waals surface area (Å²) in [6, 6.07) is 46.5. The average Bonchev–Trinajstić information content (AvgIpc) is 1.70. The summed E-state index contributed by atoms with van der Waals surface area (Å²) < 4.78 is 86.9. The van der Waals surface area contributed by atoms with Crippen molar-refractivity contribution >= 4 is 61.7 Å². The van der Waals surface area contributed by atoms with Crippen molar-refractivity contribution in [3.05, 3.63) is 266 Å². The minimum atomic E-state index is -0.815. The minimum Gasteiger partial charge on any atom is -0.464 e. The van der Waals surface area contributed by atoms with E-state index in [1.165, 1.54) is 57.5 Å². The number of hydrogen-bond acceptors (Lipinski definition) is 15. The largest absolute Gasteiger partial charge is 0.464 e. The number of imidazole rings is 5. The van der Waals surface area contributed by atoms with Crippen molar-refractivity contribution in [2.45, 2.75) is 85.6 Å². The molecule has 0 amide bonds. The van der Waals surface area contributed by atoms with Gasteiger partial charge in [-0.2, -0.15) is 17.6 Å². The molecule has 0 aliphatic heterocycles. The lowest BCUT2D eigenvalue weighted by Gasteiger charge is -2.17. The first-order chi connectivity index (χ1) is 45.1. The van der Waals surface area contributed by atoms with Crippen molar-refractivity contribution in [3.8, 4) is 0 Å². The van der Waals surface area contributed by atoms with Crippen LogP contribution in [0.15, 0.2) is 186 Å². The van der Waals surface area contributed by atoms with Gasteiger partial charge in [-0.05, 0) is 115 Å². The standard InChI is InChI=1S/C14H14Br2N2O2.2C14H15FN2O2.2C13H13FN2O2/c1-3-20-13(19)11-12(15)17-14(16)18(11)9(2)10-7-5-4-6-8-10;1-3-19-14(18)12-13(15)16-9-17(12)10(2)11-7-5-4-6-8-11;1-3-19-13(18)12-9-16-14(15)17(12)10(2)11-7-5-4-6-8-11;1-9(10-6-4-3-5-7-10)16-8-15-12(14)11(16)13(17)18-2;1-9(10-6-4-3-5-7-10)16-11(12(17)18-2)8-15-13(16)14/h4-9H,3H2,1-2H3;2*4-10H,3H2,1-2H3;2*3-9H,1-2H3/t9-;2*10-;2*9-/m11111/s1. The van der Waals surface area contributed by atoms with Crippen LogP contribution >= 0.6 is 31.9 Å². The summed E-state index contributed by atoms with van der Waals surface area (Å²) in [5, 5.41) is 0. The Morgan fingerprint density at radius 3 is 1.04 bits per heavy atom. The Morgan fingerprint density at radius 1 is 0.404 bits per heavy atom. The molecular formula is C68H70Br2F4N10O10. The molecular weight excluding hydrogens is 1350 g/mol. The molecule has 0 aliphatic carbocycles. The van der Waals surface area contributed by atoms with Gasteiger partial charge in [-0.3, -0.25) is 9.13 Å². The number of benzene rings is 5. The van der Waals surface area contributed by atoms with E-state index in [-0.39, 0.29) is 72.2 Å². The predicted molar refractivity (Wildman–Crippen MR) is 348 cm³/mol. The highest BCUT2D eigenvalue weighted by Gasteiger charge is 2.28. The third kappa shape index (κ3) is 18.5. The maximum atomic E-state index is 13.8. The molecule has 0 radical (unpaired) electrons. The van der Waals surface area contributed by atoms with Gasteiger partial charge in [0.1, 0.15) is 16.0 Å². The first-order valence-corrected chi connectivity index (χ1v) is 31.0. The Balaban J connectivity index is 0.000000186. The molecule has 5 atom stereocenters. The van der Waals surface area contributed by atoms with E-state index in [1.54, 1.807) is 27.7 Å². The van der Waals surface area contributed by atoms with E-state index in [0.29, 0.717) is 21.6 Å². The summed E-state index contributed by atoms with van der Waals surface area (Å²) in [6.07, 6.45) is 3.61. The molecule has 94 heavy (non-hydrogen) atoms.